The topological polar surface area (TPSA) is 49.3 Å². The molecule has 6 heteroatoms. The van der Waals surface area contributed by atoms with Crippen molar-refractivity contribution in [3.63, 3.8) is 0 Å². The molecule has 0 unspecified atom stereocenters. The van der Waals surface area contributed by atoms with E-state index in [9.17, 15) is 4.79 Å². The summed E-state index contributed by atoms with van der Waals surface area (Å²) in [6, 6.07) is 4.16. The van der Waals surface area contributed by atoms with Gasteiger partial charge in [-0.1, -0.05) is 6.07 Å². The fraction of sp³-hybridized carbons (Fsp3) is 0.550. The molecule has 2 aromatic heterocycles. The van der Waals surface area contributed by atoms with E-state index < -0.39 is 0 Å². The van der Waals surface area contributed by atoms with Gasteiger partial charge in [0.25, 0.3) is 5.91 Å². The number of nitrogens with zero attached hydrogens (tertiary/aromatic N) is 4. The summed E-state index contributed by atoms with van der Waals surface area (Å²) in [5, 5.41) is 2.85. The number of hydrogen-bond donors (Lipinski definition) is 0. The number of aryl methyl sites for hydroxylation is 1. The number of piperidine rings is 1. The highest BCUT2D eigenvalue weighted by Gasteiger charge is 2.34. The van der Waals surface area contributed by atoms with Crippen molar-refractivity contribution in [2.75, 3.05) is 26.2 Å². The number of amides is 1. The SMILES string of the molecule is Cc1nc(C(=O)N2CC[C@H](C3CCN(Cc4cccnc4)CC3)C2)cs1. The Morgan fingerprint density at radius 2 is 2.04 bits per heavy atom. The fourth-order valence-electron chi connectivity index (χ4n) is 4.31. The molecule has 0 N–H and O–H groups in total. The van der Waals surface area contributed by atoms with Crippen LogP contribution in [0.4, 0.5) is 0 Å². The Bertz CT molecular complexity index is 739. The van der Waals surface area contributed by atoms with Gasteiger partial charge in [0, 0.05) is 37.4 Å². The van der Waals surface area contributed by atoms with Crippen LogP contribution in [-0.2, 0) is 6.54 Å². The maximum absolute atomic E-state index is 12.6. The van der Waals surface area contributed by atoms with Crippen molar-refractivity contribution in [1.82, 2.24) is 19.8 Å². The highest BCUT2D eigenvalue weighted by molar-refractivity contribution is 7.09. The summed E-state index contributed by atoms with van der Waals surface area (Å²) in [6.45, 7) is 7.04. The van der Waals surface area contributed by atoms with Gasteiger partial charge in [-0.25, -0.2) is 4.98 Å². The van der Waals surface area contributed by atoms with Gasteiger partial charge in [0.1, 0.15) is 5.69 Å². The van der Waals surface area contributed by atoms with E-state index >= 15 is 0 Å². The molecule has 2 saturated heterocycles. The van der Waals surface area contributed by atoms with Gasteiger partial charge in [-0.2, -0.15) is 0 Å². The van der Waals surface area contributed by atoms with Crippen LogP contribution in [0.3, 0.4) is 0 Å². The summed E-state index contributed by atoms with van der Waals surface area (Å²) in [7, 11) is 0. The van der Waals surface area contributed by atoms with Crippen LogP contribution in [0.1, 0.15) is 40.3 Å². The predicted octanol–water partition coefficient (Wildman–Crippen LogP) is 3.22. The van der Waals surface area contributed by atoms with Crippen LogP contribution in [0.2, 0.25) is 0 Å². The van der Waals surface area contributed by atoms with Crippen molar-refractivity contribution in [2.45, 2.75) is 32.7 Å². The molecule has 2 aromatic rings. The van der Waals surface area contributed by atoms with Crippen molar-refractivity contribution in [1.29, 1.82) is 0 Å². The first-order valence-corrected chi connectivity index (χ1v) is 10.4. The number of pyridine rings is 1. The molecule has 0 bridgehead atoms. The quantitative estimate of drug-likeness (QED) is 0.829. The van der Waals surface area contributed by atoms with E-state index in [1.807, 2.05) is 35.7 Å². The summed E-state index contributed by atoms with van der Waals surface area (Å²) in [4.78, 5) is 25.7. The molecular weight excluding hydrogens is 344 g/mol. The number of carbonyl (C=O) groups excluding carboxylic acids is 1. The standard InChI is InChI=1S/C20H26N4OS/c1-15-22-19(14-26-15)20(25)24-10-6-18(13-24)17-4-8-23(9-5-17)12-16-3-2-7-21-11-16/h2-3,7,11,14,17-18H,4-6,8-10,12-13H2,1H3/t18-/m0/s1. The van der Waals surface area contributed by atoms with E-state index in [1.54, 1.807) is 11.3 Å². The van der Waals surface area contributed by atoms with Crippen molar-refractivity contribution >= 4 is 17.2 Å². The molecule has 1 atom stereocenters. The first kappa shape index (κ1) is 17.6. The lowest BCUT2D eigenvalue weighted by molar-refractivity contribution is 0.0768. The molecule has 0 radical (unpaired) electrons. The van der Waals surface area contributed by atoms with Crippen LogP contribution >= 0.6 is 11.3 Å². The van der Waals surface area contributed by atoms with Gasteiger partial charge in [0.15, 0.2) is 0 Å². The molecule has 4 rings (SSSR count). The second kappa shape index (κ2) is 7.84. The molecule has 4 heterocycles. The Morgan fingerprint density at radius 1 is 1.23 bits per heavy atom. The van der Waals surface area contributed by atoms with Crippen LogP contribution in [-0.4, -0.2) is 51.9 Å². The van der Waals surface area contributed by atoms with E-state index in [4.69, 9.17) is 0 Å². The second-order valence-electron chi connectivity index (χ2n) is 7.53. The summed E-state index contributed by atoms with van der Waals surface area (Å²) >= 11 is 1.55. The average molecular weight is 371 g/mol. The molecular formula is C20H26N4OS. The van der Waals surface area contributed by atoms with Crippen LogP contribution in [0.25, 0.3) is 0 Å². The van der Waals surface area contributed by atoms with Crippen LogP contribution < -0.4 is 0 Å². The lowest BCUT2D eigenvalue weighted by Gasteiger charge is -2.34. The maximum atomic E-state index is 12.6. The smallest absolute Gasteiger partial charge is 0.273 e. The monoisotopic (exact) mass is 370 g/mol. The Labute approximate surface area is 159 Å². The number of carbonyl (C=O) groups is 1. The van der Waals surface area contributed by atoms with Crippen LogP contribution in [0, 0.1) is 18.8 Å². The van der Waals surface area contributed by atoms with Gasteiger partial charge in [0.05, 0.1) is 5.01 Å². The third kappa shape index (κ3) is 3.96. The number of likely N-dealkylation sites (tertiary alicyclic amines) is 2. The average Bonchev–Trinajstić information content (AvgIpc) is 3.32. The first-order chi connectivity index (χ1) is 12.7. The molecule has 0 saturated carbocycles. The minimum atomic E-state index is 0.117. The third-order valence-electron chi connectivity index (χ3n) is 5.78. The van der Waals surface area contributed by atoms with Crippen molar-refractivity contribution in [3.05, 3.63) is 46.2 Å². The Morgan fingerprint density at radius 3 is 2.73 bits per heavy atom. The van der Waals surface area contributed by atoms with Gasteiger partial charge < -0.3 is 4.90 Å². The highest BCUT2D eigenvalue weighted by atomic mass is 32.1. The van der Waals surface area contributed by atoms with Gasteiger partial charge >= 0.3 is 0 Å². The van der Waals surface area contributed by atoms with E-state index in [1.165, 1.54) is 18.4 Å². The van der Waals surface area contributed by atoms with E-state index in [-0.39, 0.29) is 5.91 Å². The molecule has 0 aromatic carbocycles. The molecule has 138 valence electrons. The molecule has 1 amide bonds. The molecule has 26 heavy (non-hydrogen) atoms. The summed E-state index contributed by atoms with van der Waals surface area (Å²) < 4.78 is 0. The zero-order valence-electron chi connectivity index (χ0n) is 15.3. The number of aromatic nitrogens is 2. The first-order valence-electron chi connectivity index (χ1n) is 9.51. The number of rotatable bonds is 4. The maximum Gasteiger partial charge on any atom is 0.273 e. The second-order valence-corrected chi connectivity index (χ2v) is 8.59. The zero-order chi connectivity index (χ0) is 17.9. The zero-order valence-corrected chi connectivity index (χ0v) is 16.1. The van der Waals surface area contributed by atoms with Crippen LogP contribution in [0.15, 0.2) is 29.9 Å². The van der Waals surface area contributed by atoms with Crippen molar-refractivity contribution in [2.24, 2.45) is 11.8 Å². The van der Waals surface area contributed by atoms with E-state index in [2.05, 4.69) is 20.9 Å². The van der Waals surface area contributed by atoms with Crippen molar-refractivity contribution < 1.29 is 4.79 Å². The molecule has 0 spiro atoms. The van der Waals surface area contributed by atoms with Gasteiger partial charge in [-0.3, -0.25) is 14.7 Å². The minimum absolute atomic E-state index is 0.117. The minimum Gasteiger partial charge on any atom is -0.337 e. The third-order valence-corrected chi connectivity index (χ3v) is 6.55. The normalized spacial score (nSPS) is 22.0. The van der Waals surface area contributed by atoms with Crippen molar-refractivity contribution in [3.8, 4) is 0 Å². The fourth-order valence-corrected chi connectivity index (χ4v) is 4.90. The number of thiazole rings is 1. The Balaban J connectivity index is 1.27. The predicted molar refractivity (Wildman–Crippen MR) is 103 cm³/mol. The van der Waals surface area contributed by atoms with Gasteiger partial charge in [0.2, 0.25) is 0 Å². The molecule has 2 fully saturated rings. The summed E-state index contributed by atoms with van der Waals surface area (Å²) in [5.74, 6) is 1.51. The Hall–Kier alpha value is -1.79. The summed E-state index contributed by atoms with van der Waals surface area (Å²) in [6.07, 6.45) is 7.41. The molecule has 0 aliphatic carbocycles. The molecule has 5 nitrogen and oxygen atoms in total. The van der Waals surface area contributed by atoms with Gasteiger partial charge in [-0.15, -0.1) is 11.3 Å². The largest absolute Gasteiger partial charge is 0.337 e. The van der Waals surface area contributed by atoms with E-state index in [0.717, 1.165) is 50.1 Å². The van der Waals surface area contributed by atoms with Gasteiger partial charge in [-0.05, 0) is 62.7 Å². The van der Waals surface area contributed by atoms with E-state index in [0.29, 0.717) is 11.6 Å². The highest BCUT2D eigenvalue weighted by Crippen LogP contribution is 2.32. The Kier molecular flexibility index (Phi) is 5.31. The molecule has 2 aliphatic rings. The summed E-state index contributed by atoms with van der Waals surface area (Å²) in [5.41, 5.74) is 1.92. The van der Waals surface area contributed by atoms with Crippen LogP contribution in [0.5, 0.6) is 0 Å². The lowest BCUT2D eigenvalue weighted by Crippen LogP contribution is -2.37. The molecule has 2 aliphatic heterocycles. The lowest BCUT2D eigenvalue weighted by atomic mass is 9.83. The number of hydrogen-bond acceptors (Lipinski definition) is 5.